The Hall–Kier alpha value is -2.20. The monoisotopic (exact) mass is 352 g/mol. The average molecular weight is 353 g/mol. The van der Waals surface area contributed by atoms with E-state index in [1.807, 2.05) is 36.3 Å². The van der Waals surface area contributed by atoms with Crippen LogP contribution >= 0.6 is 11.8 Å². The number of aromatic nitrogens is 2. The topological polar surface area (TPSA) is 37.9 Å². The third-order valence-corrected chi connectivity index (χ3v) is 5.49. The molecule has 0 radical (unpaired) electrons. The van der Waals surface area contributed by atoms with E-state index in [-0.39, 0.29) is 0 Å². The molecule has 3 nitrogen and oxygen atoms in total. The summed E-state index contributed by atoms with van der Waals surface area (Å²) in [6, 6.07) is 17.1. The molecule has 1 unspecified atom stereocenters. The van der Waals surface area contributed by atoms with E-state index in [1.165, 1.54) is 16.0 Å². The minimum Gasteiger partial charge on any atom is -0.497 e. The molecule has 0 bridgehead atoms. The summed E-state index contributed by atoms with van der Waals surface area (Å²) in [5, 5.41) is 0.482. The Morgan fingerprint density at radius 2 is 1.84 bits per heavy atom. The molecule has 0 amide bonds. The van der Waals surface area contributed by atoms with Crippen molar-refractivity contribution in [3.8, 4) is 5.75 Å². The first kappa shape index (κ1) is 17.6. The zero-order chi connectivity index (χ0) is 17.5. The molecule has 25 heavy (non-hydrogen) atoms. The Bertz CT molecular complexity index is 752. The third-order valence-electron chi connectivity index (χ3n) is 4.21. The van der Waals surface area contributed by atoms with Crippen LogP contribution in [0.5, 0.6) is 5.75 Å². The van der Waals surface area contributed by atoms with Crippen molar-refractivity contribution >= 4 is 11.8 Å². The number of aromatic amines is 1. The van der Waals surface area contributed by atoms with Crippen LogP contribution in [0.2, 0.25) is 0 Å². The van der Waals surface area contributed by atoms with E-state index in [0.717, 1.165) is 30.8 Å². The number of hydrogen-bond acceptors (Lipinski definition) is 3. The van der Waals surface area contributed by atoms with Crippen molar-refractivity contribution in [2.45, 2.75) is 36.3 Å². The maximum atomic E-state index is 5.24. The smallest absolute Gasteiger partial charge is 0.118 e. The van der Waals surface area contributed by atoms with Gasteiger partial charge in [0.15, 0.2) is 0 Å². The van der Waals surface area contributed by atoms with Crippen LogP contribution in [0, 0.1) is 6.92 Å². The highest BCUT2D eigenvalue weighted by Crippen LogP contribution is 2.29. The number of aryl methyl sites for hydroxylation is 2. The summed E-state index contributed by atoms with van der Waals surface area (Å²) in [7, 11) is 1.70. The summed E-state index contributed by atoms with van der Waals surface area (Å²) < 4.78 is 5.24. The maximum absolute atomic E-state index is 5.24. The van der Waals surface area contributed by atoms with Crippen LogP contribution in [0.4, 0.5) is 0 Å². The summed E-state index contributed by atoms with van der Waals surface area (Å²) in [6.07, 6.45) is 6.82. The van der Waals surface area contributed by atoms with E-state index < -0.39 is 0 Å². The van der Waals surface area contributed by atoms with Crippen LogP contribution in [-0.2, 0) is 12.8 Å². The first-order chi connectivity index (χ1) is 12.2. The zero-order valence-electron chi connectivity index (χ0n) is 14.7. The predicted molar refractivity (Wildman–Crippen MR) is 104 cm³/mol. The molecule has 130 valence electrons. The molecule has 0 aliphatic carbocycles. The van der Waals surface area contributed by atoms with E-state index in [4.69, 9.17) is 4.74 Å². The maximum Gasteiger partial charge on any atom is 0.118 e. The minimum absolute atomic E-state index is 0.482. The molecular weight excluding hydrogens is 328 g/mol. The largest absolute Gasteiger partial charge is 0.497 e. The lowest BCUT2D eigenvalue weighted by atomic mass is 10.1. The molecule has 0 aliphatic heterocycles. The van der Waals surface area contributed by atoms with Gasteiger partial charge in [0, 0.05) is 29.0 Å². The first-order valence-electron chi connectivity index (χ1n) is 8.57. The molecular formula is C21H24N2OS. The fourth-order valence-electron chi connectivity index (χ4n) is 2.76. The summed E-state index contributed by atoms with van der Waals surface area (Å²) in [5.74, 6) is 1.96. The number of rotatable bonds is 8. The van der Waals surface area contributed by atoms with Gasteiger partial charge in [-0.05, 0) is 49.6 Å². The normalized spacial score (nSPS) is 12.1. The molecule has 3 rings (SSSR count). The van der Waals surface area contributed by atoms with E-state index >= 15 is 0 Å². The molecule has 2 aromatic carbocycles. The molecule has 0 saturated carbocycles. The van der Waals surface area contributed by atoms with Crippen LogP contribution < -0.4 is 4.74 Å². The number of hydrogen-bond donors (Lipinski definition) is 1. The van der Waals surface area contributed by atoms with Gasteiger partial charge in [-0.25, -0.2) is 4.98 Å². The van der Waals surface area contributed by atoms with E-state index in [1.54, 1.807) is 7.11 Å². The van der Waals surface area contributed by atoms with Gasteiger partial charge < -0.3 is 9.72 Å². The Morgan fingerprint density at radius 3 is 2.48 bits per heavy atom. The highest BCUT2D eigenvalue weighted by atomic mass is 32.2. The fourth-order valence-corrected chi connectivity index (χ4v) is 3.91. The zero-order valence-corrected chi connectivity index (χ0v) is 15.6. The lowest BCUT2D eigenvalue weighted by molar-refractivity contribution is 0.414. The van der Waals surface area contributed by atoms with Gasteiger partial charge in [-0.1, -0.05) is 29.8 Å². The van der Waals surface area contributed by atoms with Crippen molar-refractivity contribution in [3.63, 3.8) is 0 Å². The van der Waals surface area contributed by atoms with Crippen molar-refractivity contribution in [2.75, 3.05) is 7.11 Å². The van der Waals surface area contributed by atoms with E-state index in [2.05, 4.69) is 53.3 Å². The van der Waals surface area contributed by atoms with Crippen LogP contribution in [0.15, 0.2) is 65.8 Å². The Morgan fingerprint density at radius 1 is 1.08 bits per heavy atom. The number of methoxy groups -OCH3 is 1. The average Bonchev–Trinajstić information content (AvgIpc) is 3.15. The number of benzene rings is 2. The molecule has 1 N–H and O–H groups in total. The number of ether oxygens (including phenoxy) is 1. The molecule has 1 atom stereocenters. The Balaban J connectivity index is 1.65. The quantitative estimate of drug-likeness (QED) is 0.576. The third kappa shape index (κ3) is 5.40. The van der Waals surface area contributed by atoms with E-state index in [0.29, 0.717) is 5.25 Å². The van der Waals surface area contributed by atoms with Gasteiger partial charge in [0.1, 0.15) is 11.6 Å². The molecule has 0 aliphatic rings. The highest BCUT2D eigenvalue weighted by Gasteiger charge is 2.13. The van der Waals surface area contributed by atoms with E-state index in [9.17, 15) is 0 Å². The van der Waals surface area contributed by atoms with Gasteiger partial charge in [0.25, 0.3) is 0 Å². The molecule has 3 aromatic rings. The van der Waals surface area contributed by atoms with Gasteiger partial charge in [-0.2, -0.15) is 0 Å². The van der Waals surface area contributed by atoms with Crippen molar-refractivity contribution in [1.29, 1.82) is 0 Å². The van der Waals surface area contributed by atoms with Crippen LogP contribution in [-0.4, -0.2) is 22.3 Å². The van der Waals surface area contributed by atoms with Gasteiger partial charge >= 0.3 is 0 Å². The number of H-pyrrole nitrogens is 1. The molecule has 0 fully saturated rings. The minimum atomic E-state index is 0.482. The second kappa shape index (κ2) is 8.77. The lowest BCUT2D eigenvalue weighted by Crippen LogP contribution is -2.10. The number of nitrogens with one attached hydrogen (secondary N) is 1. The summed E-state index contributed by atoms with van der Waals surface area (Å²) in [6.45, 7) is 2.12. The fraction of sp³-hybridized carbons (Fsp3) is 0.286. The SMILES string of the molecule is COc1ccc(CCC(Cc2ncc[nH]2)Sc2ccc(C)cc2)cc1. The standard InChI is InChI=1S/C21H24N2OS/c1-16-3-10-19(11-4-16)25-20(15-21-22-13-14-23-21)12-7-17-5-8-18(24-2)9-6-17/h3-6,8-11,13-14,20H,7,12,15H2,1-2H3,(H,22,23). The van der Waals surface area contributed by atoms with Gasteiger partial charge in [0.05, 0.1) is 7.11 Å². The summed E-state index contributed by atoms with van der Waals surface area (Å²) in [5.41, 5.74) is 2.64. The van der Waals surface area contributed by atoms with Crippen molar-refractivity contribution in [2.24, 2.45) is 0 Å². The summed E-state index contributed by atoms with van der Waals surface area (Å²) in [4.78, 5) is 8.96. The van der Waals surface area contributed by atoms with Crippen molar-refractivity contribution in [1.82, 2.24) is 9.97 Å². The molecule has 1 aromatic heterocycles. The second-order valence-electron chi connectivity index (χ2n) is 6.18. The van der Waals surface area contributed by atoms with Crippen LogP contribution in [0.1, 0.15) is 23.4 Å². The van der Waals surface area contributed by atoms with Gasteiger partial charge in [-0.15, -0.1) is 11.8 Å². The lowest BCUT2D eigenvalue weighted by Gasteiger charge is -2.16. The first-order valence-corrected chi connectivity index (χ1v) is 9.45. The van der Waals surface area contributed by atoms with Gasteiger partial charge in [0.2, 0.25) is 0 Å². The Kier molecular flexibility index (Phi) is 6.18. The van der Waals surface area contributed by atoms with Crippen LogP contribution in [0.3, 0.4) is 0 Å². The summed E-state index contributed by atoms with van der Waals surface area (Å²) >= 11 is 1.94. The molecule has 4 heteroatoms. The highest BCUT2D eigenvalue weighted by molar-refractivity contribution is 8.00. The van der Waals surface area contributed by atoms with Crippen molar-refractivity contribution < 1.29 is 4.74 Å². The van der Waals surface area contributed by atoms with Crippen molar-refractivity contribution in [3.05, 3.63) is 77.9 Å². The molecule has 0 saturated heterocycles. The number of imidazole rings is 1. The Labute approximate surface area is 153 Å². The molecule has 1 heterocycles. The second-order valence-corrected chi connectivity index (χ2v) is 7.55. The molecule has 0 spiro atoms. The number of thioether (sulfide) groups is 1. The number of nitrogens with zero attached hydrogens (tertiary/aromatic N) is 1. The van der Waals surface area contributed by atoms with Crippen LogP contribution in [0.25, 0.3) is 0 Å². The van der Waals surface area contributed by atoms with Gasteiger partial charge in [-0.3, -0.25) is 0 Å². The predicted octanol–water partition coefficient (Wildman–Crippen LogP) is 5.06.